The largest absolute Gasteiger partial charge is 0.477 e. The Labute approximate surface area is 118 Å². The number of carbonyl (C=O) groups is 1. The molecule has 1 aromatic carbocycles. The zero-order chi connectivity index (χ0) is 14.4. The molecular formula is C16H20N2O2. The predicted octanol–water partition coefficient (Wildman–Crippen LogP) is 3.93. The summed E-state index contributed by atoms with van der Waals surface area (Å²) < 4.78 is 0. The van der Waals surface area contributed by atoms with E-state index in [2.05, 4.69) is 17.2 Å². The van der Waals surface area contributed by atoms with Gasteiger partial charge >= 0.3 is 5.97 Å². The molecular weight excluding hydrogens is 252 g/mol. The molecule has 0 unspecified atom stereocenters. The minimum Gasteiger partial charge on any atom is -0.477 e. The van der Waals surface area contributed by atoms with Gasteiger partial charge in [0, 0.05) is 11.9 Å². The number of nitrogens with one attached hydrogen (secondary N) is 1. The van der Waals surface area contributed by atoms with Gasteiger partial charge in [0.1, 0.15) is 5.82 Å². The van der Waals surface area contributed by atoms with Crippen LogP contribution < -0.4 is 5.32 Å². The summed E-state index contributed by atoms with van der Waals surface area (Å²) >= 11 is 0. The fourth-order valence-electron chi connectivity index (χ4n) is 2.20. The standard InChI is InChI=1S/C16H20N2O2/c1-2-3-4-7-10-17-15-13-9-6-5-8-12(13)11-14(18-15)16(19)20/h5-6,8-9,11H,2-4,7,10H2,1H3,(H,17,18)(H,19,20). The summed E-state index contributed by atoms with van der Waals surface area (Å²) in [6, 6.07) is 9.32. The number of nitrogens with zero attached hydrogens (tertiary/aromatic N) is 1. The molecule has 2 aromatic rings. The number of fused-ring (bicyclic) bond motifs is 1. The fraction of sp³-hybridized carbons (Fsp3) is 0.375. The van der Waals surface area contributed by atoms with Gasteiger partial charge in [0.15, 0.2) is 5.69 Å². The van der Waals surface area contributed by atoms with Gasteiger partial charge in [0.05, 0.1) is 0 Å². The number of unbranched alkanes of at least 4 members (excludes halogenated alkanes) is 3. The van der Waals surface area contributed by atoms with Gasteiger partial charge in [-0.3, -0.25) is 0 Å². The molecule has 0 aliphatic rings. The molecule has 0 saturated heterocycles. The third-order valence-corrected chi connectivity index (χ3v) is 3.28. The second kappa shape index (κ2) is 6.89. The van der Waals surface area contributed by atoms with E-state index in [1.54, 1.807) is 6.07 Å². The maximum Gasteiger partial charge on any atom is 0.354 e. The number of aromatic carboxylic acids is 1. The van der Waals surface area contributed by atoms with Gasteiger partial charge in [-0.05, 0) is 17.9 Å². The lowest BCUT2D eigenvalue weighted by Crippen LogP contribution is -2.08. The number of aromatic nitrogens is 1. The first-order valence-electron chi connectivity index (χ1n) is 7.09. The summed E-state index contributed by atoms with van der Waals surface area (Å²) in [5.74, 6) is -0.332. The summed E-state index contributed by atoms with van der Waals surface area (Å²) in [4.78, 5) is 15.3. The Bertz CT molecular complexity index is 596. The van der Waals surface area contributed by atoms with Crippen LogP contribution in [-0.4, -0.2) is 22.6 Å². The third-order valence-electron chi connectivity index (χ3n) is 3.28. The van der Waals surface area contributed by atoms with Crippen molar-refractivity contribution in [3.05, 3.63) is 36.0 Å². The SMILES string of the molecule is CCCCCCNc1nc(C(=O)O)cc2ccccc12. The van der Waals surface area contributed by atoms with E-state index in [4.69, 9.17) is 5.11 Å². The predicted molar refractivity (Wildman–Crippen MR) is 81.3 cm³/mol. The molecule has 0 amide bonds. The van der Waals surface area contributed by atoms with E-state index in [0.717, 1.165) is 23.7 Å². The Hall–Kier alpha value is -2.10. The van der Waals surface area contributed by atoms with Gasteiger partial charge in [-0.1, -0.05) is 50.5 Å². The zero-order valence-electron chi connectivity index (χ0n) is 11.7. The molecule has 106 valence electrons. The highest BCUT2D eigenvalue weighted by atomic mass is 16.4. The molecule has 0 spiro atoms. The molecule has 2 N–H and O–H groups in total. The first kappa shape index (κ1) is 14.3. The van der Waals surface area contributed by atoms with Crippen LogP contribution in [0.25, 0.3) is 10.8 Å². The Morgan fingerprint density at radius 2 is 2.05 bits per heavy atom. The van der Waals surface area contributed by atoms with Crippen LogP contribution in [0.15, 0.2) is 30.3 Å². The molecule has 0 aliphatic carbocycles. The van der Waals surface area contributed by atoms with Crippen LogP contribution in [0.4, 0.5) is 5.82 Å². The summed E-state index contributed by atoms with van der Waals surface area (Å²) in [7, 11) is 0. The van der Waals surface area contributed by atoms with Crippen molar-refractivity contribution >= 4 is 22.6 Å². The average molecular weight is 272 g/mol. The lowest BCUT2D eigenvalue weighted by atomic mass is 10.1. The van der Waals surface area contributed by atoms with E-state index in [1.165, 1.54) is 19.3 Å². The Balaban J connectivity index is 2.19. The van der Waals surface area contributed by atoms with Gasteiger partial charge in [0.25, 0.3) is 0 Å². The molecule has 0 radical (unpaired) electrons. The molecule has 4 nitrogen and oxygen atoms in total. The van der Waals surface area contributed by atoms with E-state index < -0.39 is 5.97 Å². The van der Waals surface area contributed by atoms with Crippen molar-refractivity contribution in [2.45, 2.75) is 32.6 Å². The number of pyridine rings is 1. The lowest BCUT2D eigenvalue weighted by molar-refractivity contribution is 0.0691. The van der Waals surface area contributed by atoms with Gasteiger partial charge in [0.2, 0.25) is 0 Å². The van der Waals surface area contributed by atoms with Crippen LogP contribution >= 0.6 is 0 Å². The highest BCUT2D eigenvalue weighted by Gasteiger charge is 2.10. The van der Waals surface area contributed by atoms with Crippen LogP contribution in [0.3, 0.4) is 0 Å². The molecule has 0 saturated carbocycles. The van der Waals surface area contributed by atoms with Gasteiger partial charge in [-0.2, -0.15) is 0 Å². The van der Waals surface area contributed by atoms with E-state index in [-0.39, 0.29) is 5.69 Å². The molecule has 0 fully saturated rings. The number of hydrogen-bond donors (Lipinski definition) is 2. The van der Waals surface area contributed by atoms with Gasteiger partial charge < -0.3 is 10.4 Å². The van der Waals surface area contributed by atoms with E-state index in [1.807, 2.05) is 24.3 Å². The van der Waals surface area contributed by atoms with Crippen molar-refractivity contribution in [1.29, 1.82) is 0 Å². The topological polar surface area (TPSA) is 62.2 Å². The van der Waals surface area contributed by atoms with Crippen LogP contribution in [0.1, 0.15) is 43.1 Å². The maximum absolute atomic E-state index is 11.1. The molecule has 1 aromatic heterocycles. The highest BCUT2D eigenvalue weighted by molar-refractivity contribution is 5.97. The van der Waals surface area contributed by atoms with Crippen LogP contribution in [-0.2, 0) is 0 Å². The van der Waals surface area contributed by atoms with E-state index in [0.29, 0.717) is 5.82 Å². The van der Waals surface area contributed by atoms with Gasteiger partial charge in [-0.25, -0.2) is 9.78 Å². The molecule has 1 heterocycles. The Morgan fingerprint density at radius 1 is 1.25 bits per heavy atom. The zero-order valence-corrected chi connectivity index (χ0v) is 11.7. The number of hydrogen-bond acceptors (Lipinski definition) is 3. The summed E-state index contributed by atoms with van der Waals surface area (Å²) in [5, 5.41) is 14.3. The van der Waals surface area contributed by atoms with Crippen LogP contribution in [0.2, 0.25) is 0 Å². The summed E-state index contributed by atoms with van der Waals surface area (Å²) in [5.41, 5.74) is 0.0831. The molecule has 0 aliphatic heterocycles. The lowest BCUT2D eigenvalue weighted by Gasteiger charge is -2.10. The molecule has 4 heteroatoms. The average Bonchev–Trinajstić information content (AvgIpc) is 2.46. The number of rotatable bonds is 7. The van der Waals surface area contributed by atoms with E-state index >= 15 is 0 Å². The first-order chi connectivity index (χ1) is 9.72. The number of carboxylic acids is 1. The summed E-state index contributed by atoms with van der Waals surface area (Å²) in [6.07, 6.45) is 4.68. The second-order valence-corrected chi connectivity index (χ2v) is 4.87. The number of anilines is 1. The normalized spacial score (nSPS) is 10.7. The molecule has 2 rings (SSSR count). The number of carboxylic acid groups (broad SMARTS) is 1. The number of benzene rings is 1. The molecule has 0 bridgehead atoms. The fourth-order valence-corrected chi connectivity index (χ4v) is 2.20. The quantitative estimate of drug-likeness (QED) is 0.750. The smallest absolute Gasteiger partial charge is 0.354 e. The monoisotopic (exact) mass is 272 g/mol. The second-order valence-electron chi connectivity index (χ2n) is 4.87. The van der Waals surface area contributed by atoms with Crippen molar-refractivity contribution in [1.82, 2.24) is 4.98 Å². The third kappa shape index (κ3) is 3.47. The molecule has 0 atom stereocenters. The van der Waals surface area contributed by atoms with Gasteiger partial charge in [-0.15, -0.1) is 0 Å². The van der Waals surface area contributed by atoms with Crippen LogP contribution in [0.5, 0.6) is 0 Å². The van der Waals surface area contributed by atoms with Crippen molar-refractivity contribution < 1.29 is 9.90 Å². The van der Waals surface area contributed by atoms with Crippen molar-refractivity contribution in [2.24, 2.45) is 0 Å². The van der Waals surface area contributed by atoms with Crippen molar-refractivity contribution in [3.63, 3.8) is 0 Å². The summed E-state index contributed by atoms with van der Waals surface area (Å²) in [6.45, 7) is 3.00. The highest BCUT2D eigenvalue weighted by Crippen LogP contribution is 2.22. The van der Waals surface area contributed by atoms with Crippen LogP contribution in [0, 0.1) is 0 Å². The Morgan fingerprint density at radius 3 is 2.80 bits per heavy atom. The minimum absolute atomic E-state index is 0.0831. The first-order valence-corrected chi connectivity index (χ1v) is 7.09. The molecule has 20 heavy (non-hydrogen) atoms. The van der Waals surface area contributed by atoms with Crippen molar-refractivity contribution in [3.8, 4) is 0 Å². The minimum atomic E-state index is -0.996. The Kier molecular flexibility index (Phi) is 4.93. The van der Waals surface area contributed by atoms with Crippen molar-refractivity contribution in [2.75, 3.05) is 11.9 Å². The van der Waals surface area contributed by atoms with E-state index in [9.17, 15) is 4.79 Å². The maximum atomic E-state index is 11.1.